The van der Waals surface area contributed by atoms with Gasteiger partial charge in [-0.05, 0) is 30.3 Å². The molecule has 2 aromatic heterocycles. The number of pyridine rings is 1. The molecular weight excluding hydrogens is 366 g/mol. The predicted molar refractivity (Wildman–Crippen MR) is 113 cm³/mol. The molecule has 0 aliphatic rings. The molecule has 0 bridgehead atoms. The molecule has 4 rings (SSSR count). The number of para-hydroxylation sites is 1. The van der Waals surface area contributed by atoms with E-state index < -0.39 is 6.04 Å². The Hall–Kier alpha value is -3.80. The Labute approximate surface area is 168 Å². The molecule has 0 aliphatic heterocycles. The largest absolute Gasteiger partial charge is 0.497 e. The van der Waals surface area contributed by atoms with Crippen LogP contribution in [-0.4, -0.2) is 30.0 Å². The number of benzene rings is 2. The van der Waals surface area contributed by atoms with E-state index in [1.54, 1.807) is 38.7 Å². The molecule has 2 N–H and O–H groups in total. The van der Waals surface area contributed by atoms with Gasteiger partial charge in [-0.2, -0.15) is 0 Å². The van der Waals surface area contributed by atoms with Crippen LogP contribution < -0.4 is 14.8 Å². The maximum Gasteiger partial charge on any atom is 0.193 e. The molecule has 0 saturated carbocycles. The fourth-order valence-electron chi connectivity index (χ4n) is 3.27. The molecule has 2 heterocycles. The molecule has 29 heavy (non-hydrogen) atoms. The molecule has 6 nitrogen and oxygen atoms in total. The number of methoxy groups -OCH3 is 2. The summed E-state index contributed by atoms with van der Waals surface area (Å²) in [6.45, 7) is 0. The minimum atomic E-state index is -0.674. The Morgan fingerprint density at radius 1 is 1.00 bits per heavy atom. The van der Waals surface area contributed by atoms with E-state index in [0.717, 1.165) is 16.6 Å². The van der Waals surface area contributed by atoms with Gasteiger partial charge in [0.05, 0.1) is 26.1 Å². The molecule has 1 atom stereocenters. The summed E-state index contributed by atoms with van der Waals surface area (Å²) in [5.74, 6) is 1.26. The lowest BCUT2D eigenvalue weighted by atomic mass is 10.00. The second-order valence-electron chi connectivity index (χ2n) is 6.54. The van der Waals surface area contributed by atoms with Crippen LogP contribution in [0, 0.1) is 0 Å². The van der Waals surface area contributed by atoms with Gasteiger partial charge in [-0.1, -0.05) is 24.3 Å². The van der Waals surface area contributed by atoms with Gasteiger partial charge in [0.1, 0.15) is 17.5 Å². The lowest BCUT2D eigenvalue weighted by Gasteiger charge is -2.19. The first-order chi connectivity index (χ1) is 14.2. The van der Waals surface area contributed by atoms with Crippen LogP contribution in [-0.2, 0) is 0 Å². The molecule has 4 aromatic rings. The lowest BCUT2D eigenvalue weighted by molar-refractivity contribution is 0.0969. The molecule has 0 saturated heterocycles. The van der Waals surface area contributed by atoms with Crippen molar-refractivity contribution in [1.29, 1.82) is 0 Å². The Morgan fingerprint density at radius 3 is 2.59 bits per heavy atom. The fourth-order valence-corrected chi connectivity index (χ4v) is 3.27. The van der Waals surface area contributed by atoms with Crippen LogP contribution in [0.5, 0.6) is 11.5 Å². The third kappa shape index (κ3) is 3.78. The van der Waals surface area contributed by atoms with Crippen LogP contribution in [0.2, 0.25) is 0 Å². The van der Waals surface area contributed by atoms with Crippen LogP contribution in [0.1, 0.15) is 22.1 Å². The Balaban J connectivity index is 1.75. The van der Waals surface area contributed by atoms with Crippen molar-refractivity contribution in [3.8, 4) is 11.5 Å². The maximum absolute atomic E-state index is 13.5. The van der Waals surface area contributed by atoms with E-state index in [9.17, 15) is 4.79 Å². The molecule has 0 radical (unpaired) electrons. The number of fused-ring (bicyclic) bond motifs is 1. The van der Waals surface area contributed by atoms with E-state index in [2.05, 4.69) is 15.3 Å². The SMILES string of the molecule is COc1ccc(C(Nc2cccc(OC)c2)C(=O)c2c[nH]c3ccccc23)nc1. The van der Waals surface area contributed by atoms with Crippen LogP contribution in [0.4, 0.5) is 5.69 Å². The molecule has 0 aliphatic carbocycles. The average molecular weight is 387 g/mol. The average Bonchev–Trinajstić information content (AvgIpc) is 3.21. The number of hydrogen-bond donors (Lipinski definition) is 2. The van der Waals surface area contributed by atoms with Gasteiger partial charge in [-0.3, -0.25) is 9.78 Å². The molecule has 0 fully saturated rings. The summed E-state index contributed by atoms with van der Waals surface area (Å²) >= 11 is 0. The van der Waals surface area contributed by atoms with Gasteiger partial charge in [-0.25, -0.2) is 0 Å². The van der Waals surface area contributed by atoms with Gasteiger partial charge in [0.15, 0.2) is 5.78 Å². The summed E-state index contributed by atoms with van der Waals surface area (Å²) in [6, 6.07) is 18.1. The van der Waals surface area contributed by atoms with Crippen LogP contribution in [0.15, 0.2) is 73.1 Å². The van der Waals surface area contributed by atoms with E-state index in [1.807, 2.05) is 48.5 Å². The number of ether oxygens (including phenoxy) is 2. The molecule has 1 unspecified atom stereocenters. The topological polar surface area (TPSA) is 76.2 Å². The van der Waals surface area contributed by atoms with Crippen molar-refractivity contribution >= 4 is 22.4 Å². The predicted octanol–water partition coefficient (Wildman–Crippen LogP) is 4.62. The normalized spacial score (nSPS) is 11.8. The number of ketones is 1. The Morgan fingerprint density at radius 2 is 1.83 bits per heavy atom. The van der Waals surface area contributed by atoms with E-state index >= 15 is 0 Å². The highest BCUT2D eigenvalue weighted by Crippen LogP contribution is 2.28. The van der Waals surface area contributed by atoms with Gasteiger partial charge in [-0.15, -0.1) is 0 Å². The molecular formula is C23H21N3O3. The van der Waals surface area contributed by atoms with E-state index in [4.69, 9.17) is 9.47 Å². The first-order valence-corrected chi connectivity index (χ1v) is 9.20. The van der Waals surface area contributed by atoms with Gasteiger partial charge in [0.2, 0.25) is 0 Å². The molecule has 2 aromatic carbocycles. The highest BCUT2D eigenvalue weighted by molar-refractivity contribution is 6.11. The second kappa shape index (κ2) is 8.06. The van der Waals surface area contributed by atoms with Gasteiger partial charge < -0.3 is 19.8 Å². The summed E-state index contributed by atoms with van der Waals surface area (Å²) in [5, 5.41) is 4.19. The number of aromatic amines is 1. The highest BCUT2D eigenvalue weighted by atomic mass is 16.5. The number of nitrogens with zero attached hydrogens (tertiary/aromatic N) is 1. The summed E-state index contributed by atoms with van der Waals surface area (Å²) in [7, 11) is 3.19. The summed E-state index contributed by atoms with van der Waals surface area (Å²) < 4.78 is 10.5. The minimum Gasteiger partial charge on any atom is -0.497 e. The molecule has 146 valence electrons. The van der Waals surface area contributed by atoms with Crippen LogP contribution >= 0.6 is 0 Å². The number of aromatic nitrogens is 2. The van der Waals surface area contributed by atoms with E-state index in [-0.39, 0.29) is 5.78 Å². The second-order valence-corrected chi connectivity index (χ2v) is 6.54. The number of nitrogens with one attached hydrogen (secondary N) is 2. The number of Topliss-reactive ketones (excluding diaryl/α,β-unsaturated/α-hetero) is 1. The van der Waals surface area contributed by atoms with Crippen molar-refractivity contribution in [2.45, 2.75) is 6.04 Å². The fraction of sp³-hybridized carbons (Fsp3) is 0.130. The third-order valence-corrected chi connectivity index (χ3v) is 4.79. The summed E-state index contributed by atoms with van der Waals surface area (Å²) in [6.07, 6.45) is 3.36. The van der Waals surface area contributed by atoms with Crippen LogP contribution in [0.25, 0.3) is 10.9 Å². The Bertz CT molecular complexity index is 1140. The summed E-state index contributed by atoms with van der Waals surface area (Å²) in [4.78, 5) is 21.2. The lowest BCUT2D eigenvalue weighted by Crippen LogP contribution is -2.22. The zero-order chi connectivity index (χ0) is 20.2. The summed E-state index contributed by atoms with van der Waals surface area (Å²) in [5.41, 5.74) is 2.89. The molecule has 0 spiro atoms. The zero-order valence-electron chi connectivity index (χ0n) is 16.2. The molecule has 0 amide bonds. The van der Waals surface area contributed by atoms with E-state index in [0.29, 0.717) is 22.8 Å². The third-order valence-electron chi connectivity index (χ3n) is 4.79. The Kier molecular flexibility index (Phi) is 5.16. The van der Waals surface area contributed by atoms with Gasteiger partial charge in [0.25, 0.3) is 0 Å². The van der Waals surface area contributed by atoms with Crippen molar-refractivity contribution in [3.05, 3.63) is 84.3 Å². The first-order valence-electron chi connectivity index (χ1n) is 9.20. The first kappa shape index (κ1) is 18.6. The number of rotatable bonds is 7. The number of carbonyl (C=O) groups excluding carboxylic acids is 1. The van der Waals surface area contributed by atoms with Crippen molar-refractivity contribution in [3.63, 3.8) is 0 Å². The highest BCUT2D eigenvalue weighted by Gasteiger charge is 2.26. The number of hydrogen-bond acceptors (Lipinski definition) is 5. The van der Waals surface area contributed by atoms with Gasteiger partial charge in [0, 0.05) is 34.4 Å². The van der Waals surface area contributed by atoms with Crippen molar-refractivity contribution in [2.24, 2.45) is 0 Å². The number of anilines is 1. The van der Waals surface area contributed by atoms with Crippen molar-refractivity contribution < 1.29 is 14.3 Å². The molecule has 6 heteroatoms. The van der Waals surface area contributed by atoms with Crippen molar-refractivity contribution in [1.82, 2.24) is 9.97 Å². The standard InChI is InChI=1S/C23H21N3O3/c1-28-16-7-5-6-15(12-16)26-22(21-11-10-17(29-2)13-24-21)23(27)19-14-25-20-9-4-3-8-18(19)20/h3-14,22,25-26H,1-2H3. The van der Waals surface area contributed by atoms with Gasteiger partial charge >= 0.3 is 0 Å². The smallest absolute Gasteiger partial charge is 0.193 e. The number of carbonyl (C=O) groups is 1. The maximum atomic E-state index is 13.5. The number of H-pyrrole nitrogens is 1. The zero-order valence-corrected chi connectivity index (χ0v) is 16.2. The monoisotopic (exact) mass is 387 g/mol. The minimum absolute atomic E-state index is 0.0806. The van der Waals surface area contributed by atoms with Crippen LogP contribution in [0.3, 0.4) is 0 Å². The van der Waals surface area contributed by atoms with E-state index in [1.165, 1.54) is 0 Å². The van der Waals surface area contributed by atoms with Crippen molar-refractivity contribution in [2.75, 3.05) is 19.5 Å². The quantitative estimate of drug-likeness (QED) is 0.453.